The van der Waals surface area contributed by atoms with Crippen LogP contribution in [0.3, 0.4) is 0 Å². The molecular weight excluding hydrogens is 591 g/mol. The predicted molar refractivity (Wildman–Crippen MR) is 152 cm³/mol. The second kappa shape index (κ2) is 10.5. The number of carbonyl (C=O) groups is 1. The molecule has 1 unspecified atom stereocenters. The Balaban J connectivity index is 1.64. The van der Waals surface area contributed by atoms with Crippen LogP contribution in [0.2, 0.25) is 0 Å². The maximum absolute atomic E-state index is 15.4. The molecule has 0 radical (unpaired) electrons. The summed E-state index contributed by atoms with van der Waals surface area (Å²) < 4.78 is 81.0. The molecule has 2 saturated heterocycles. The standard InChI is InChI=1S/C30H27F5N4O3S/c1-4-23(40)37-10-17(3)38(11-16(37)2)27-20-9-21(30(33,34)35)24(19-7-5-6-18(31)8-22(19)32)26-25(20)39(28(41)36-27)12-29(15-43-26)13-42-14-29/h4,6,8-9,16-17,19H,1,10-15H2,2-3H3/t16-,17+,19?/m1/s1. The third kappa shape index (κ3) is 4.94. The summed E-state index contributed by atoms with van der Waals surface area (Å²) in [6.07, 6.45) is -2.42. The van der Waals surface area contributed by atoms with Crippen molar-refractivity contribution in [2.45, 2.75) is 49.5 Å². The zero-order chi connectivity index (χ0) is 30.8. The largest absolute Gasteiger partial charge is 0.416 e. The van der Waals surface area contributed by atoms with Crippen LogP contribution in [0, 0.1) is 17.3 Å². The number of benzene rings is 1. The van der Waals surface area contributed by atoms with Gasteiger partial charge in [-0.05, 0) is 26.0 Å². The van der Waals surface area contributed by atoms with E-state index < -0.39 is 52.0 Å². The lowest BCUT2D eigenvalue weighted by molar-refractivity contribution is -0.138. The topological polar surface area (TPSA) is 67.7 Å². The van der Waals surface area contributed by atoms with E-state index in [2.05, 4.69) is 23.4 Å². The maximum atomic E-state index is 15.4. The number of halogens is 5. The molecule has 43 heavy (non-hydrogen) atoms. The SMILES string of the molecule is C=CC(=O)N1C[C@H](C)N(c2nc(=O)n3c4c(c(C5C#CC=C(F)C=C5F)c(C(F)(F)F)cc24)SCC2(COC2)C3)C[C@H]1C. The van der Waals surface area contributed by atoms with Gasteiger partial charge >= 0.3 is 11.9 Å². The highest BCUT2D eigenvalue weighted by Crippen LogP contribution is 2.51. The summed E-state index contributed by atoms with van der Waals surface area (Å²) in [5, 5.41) is 0.0771. The Morgan fingerprint density at radius 1 is 1.23 bits per heavy atom. The number of amides is 1. The number of nitrogens with zero attached hydrogens (tertiary/aromatic N) is 4. The highest BCUT2D eigenvalue weighted by molar-refractivity contribution is 7.99. The summed E-state index contributed by atoms with van der Waals surface area (Å²) in [6, 6.07) is 0.143. The van der Waals surface area contributed by atoms with E-state index in [4.69, 9.17) is 4.74 Å². The minimum absolute atomic E-state index is 0.0525. The zero-order valence-corrected chi connectivity index (χ0v) is 24.1. The van der Waals surface area contributed by atoms with Crippen LogP contribution in [0.1, 0.15) is 30.9 Å². The molecule has 4 aliphatic rings. The summed E-state index contributed by atoms with van der Waals surface area (Å²) in [4.78, 5) is 33.9. The number of aromatic nitrogens is 2. The Morgan fingerprint density at radius 3 is 2.63 bits per heavy atom. The first kappa shape index (κ1) is 29.4. The first-order chi connectivity index (χ1) is 20.3. The molecule has 13 heteroatoms. The molecule has 226 valence electrons. The average Bonchev–Trinajstić information content (AvgIpc) is 3.22. The van der Waals surface area contributed by atoms with Crippen molar-refractivity contribution in [1.29, 1.82) is 0 Å². The molecule has 0 saturated carbocycles. The third-order valence-corrected chi connectivity index (χ3v) is 9.83. The van der Waals surface area contributed by atoms with Crippen molar-refractivity contribution in [3.63, 3.8) is 0 Å². The molecule has 1 aromatic carbocycles. The fourth-order valence-corrected chi connectivity index (χ4v) is 7.64. The molecule has 1 spiro atoms. The number of thioether (sulfide) groups is 1. The van der Waals surface area contributed by atoms with Crippen molar-refractivity contribution in [3.8, 4) is 11.8 Å². The van der Waals surface area contributed by atoms with Crippen molar-refractivity contribution in [3.05, 3.63) is 64.1 Å². The Bertz CT molecular complexity index is 1730. The lowest BCUT2D eigenvalue weighted by atomic mass is 9.88. The van der Waals surface area contributed by atoms with Crippen LogP contribution in [0.5, 0.6) is 0 Å². The smallest absolute Gasteiger partial charge is 0.380 e. The lowest BCUT2D eigenvalue weighted by Gasteiger charge is -2.44. The molecule has 4 heterocycles. The van der Waals surface area contributed by atoms with E-state index in [-0.39, 0.29) is 53.2 Å². The van der Waals surface area contributed by atoms with Gasteiger partial charge in [-0.2, -0.15) is 18.2 Å². The average molecular weight is 619 g/mol. The summed E-state index contributed by atoms with van der Waals surface area (Å²) in [5.41, 5.74) is -2.59. The van der Waals surface area contributed by atoms with Crippen LogP contribution in [0.25, 0.3) is 10.9 Å². The predicted octanol–water partition coefficient (Wildman–Crippen LogP) is 4.96. The summed E-state index contributed by atoms with van der Waals surface area (Å²) in [5.74, 6) is 0.993. The third-order valence-electron chi connectivity index (χ3n) is 8.37. The summed E-state index contributed by atoms with van der Waals surface area (Å²) >= 11 is 1.10. The Kier molecular flexibility index (Phi) is 7.20. The molecule has 2 aromatic rings. The molecule has 1 aliphatic carbocycles. The highest BCUT2D eigenvalue weighted by Gasteiger charge is 2.46. The zero-order valence-electron chi connectivity index (χ0n) is 23.3. The van der Waals surface area contributed by atoms with Crippen molar-refractivity contribution in [2.24, 2.45) is 5.41 Å². The number of piperazine rings is 1. The van der Waals surface area contributed by atoms with E-state index in [0.29, 0.717) is 25.0 Å². The maximum Gasteiger partial charge on any atom is 0.416 e. The molecule has 7 nitrogen and oxygen atoms in total. The van der Waals surface area contributed by atoms with E-state index in [1.807, 2.05) is 0 Å². The van der Waals surface area contributed by atoms with Crippen LogP contribution in [0.15, 0.2) is 52.2 Å². The van der Waals surface area contributed by atoms with Gasteiger partial charge < -0.3 is 14.5 Å². The normalized spacial score (nSPS) is 24.8. The van der Waals surface area contributed by atoms with Gasteiger partial charge in [0, 0.05) is 70.9 Å². The molecule has 6 rings (SSSR count). The van der Waals surface area contributed by atoms with Crippen LogP contribution >= 0.6 is 11.8 Å². The lowest BCUT2D eigenvalue weighted by Crippen LogP contribution is -2.58. The molecule has 1 aromatic heterocycles. The highest BCUT2D eigenvalue weighted by atomic mass is 32.2. The van der Waals surface area contributed by atoms with Gasteiger partial charge in [-0.1, -0.05) is 18.4 Å². The van der Waals surface area contributed by atoms with E-state index >= 15 is 4.39 Å². The molecule has 0 N–H and O–H groups in total. The molecular formula is C30H27F5N4O3S. The van der Waals surface area contributed by atoms with Gasteiger partial charge in [0.05, 0.1) is 30.2 Å². The van der Waals surface area contributed by atoms with Gasteiger partial charge in [-0.25, -0.2) is 13.6 Å². The second-order valence-corrected chi connectivity index (χ2v) is 12.5. The number of hydrogen-bond donors (Lipinski definition) is 0. The number of ether oxygens (including phenoxy) is 1. The number of hydrogen-bond acceptors (Lipinski definition) is 6. The molecule has 3 aliphatic heterocycles. The van der Waals surface area contributed by atoms with Gasteiger partial charge in [-0.3, -0.25) is 9.36 Å². The monoisotopic (exact) mass is 618 g/mol. The van der Waals surface area contributed by atoms with Crippen molar-refractivity contribution in [1.82, 2.24) is 14.5 Å². The van der Waals surface area contributed by atoms with E-state index in [0.717, 1.165) is 23.9 Å². The van der Waals surface area contributed by atoms with Crippen LogP contribution in [-0.2, 0) is 22.3 Å². The van der Waals surface area contributed by atoms with Crippen LogP contribution < -0.4 is 10.6 Å². The minimum Gasteiger partial charge on any atom is -0.380 e. The molecule has 2 fully saturated rings. The number of alkyl halides is 3. The van der Waals surface area contributed by atoms with Crippen molar-refractivity contribution in [2.75, 3.05) is 37.0 Å². The fraction of sp³-hybridized carbons (Fsp3) is 0.433. The van der Waals surface area contributed by atoms with E-state index in [9.17, 15) is 27.2 Å². The van der Waals surface area contributed by atoms with Crippen LogP contribution in [-0.4, -0.2) is 64.5 Å². The van der Waals surface area contributed by atoms with Gasteiger partial charge in [0.1, 0.15) is 17.5 Å². The van der Waals surface area contributed by atoms with Crippen molar-refractivity contribution < 1.29 is 31.5 Å². The number of carbonyl (C=O) groups excluding carboxylic acids is 1. The molecule has 3 atom stereocenters. The summed E-state index contributed by atoms with van der Waals surface area (Å²) in [7, 11) is 0. The fourth-order valence-electron chi connectivity index (χ4n) is 6.19. The van der Waals surface area contributed by atoms with Gasteiger partial charge in [-0.15, -0.1) is 11.8 Å². The first-order valence-electron chi connectivity index (χ1n) is 13.7. The number of anilines is 1. The van der Waals surface area contributed by atoms with E-state index in [1.165, 1.54) is 10.6 Å². The van der Waals surface area contributed by atoms with Crippen LogP contribution in [0.4, 0.5) is 27.8 Å². The van der Waals surface area contributed by atoms with Crippen molar-refractivity contribution >= 4 is 34.4 Å². The minimum atomic E-state index is -4.95. The van der Waals surface area contributed by atoms with Gasteiger partial charge in [0.25, 0.3) is 0 Å². The second-order valence-electron chi connectivity index (χ2n) is 11.5. The molecule has 1 amide bonds. The Hall–Kier alpha value is -3.63. The number of allylic oxidation sites excluding steroid dienone is 4. The quantitative estimate of drug-likeness (QED) is 0.276. The van der Waals surface area contributed by atoms with E-state index in [1.54, 1.807) is 23.6 Å². The molecule has 0 bridgehead atoms. The number of rotatable bonds is 3. The Labute approximate surface area is 248 Å². The summed E-state index contributed by atoms with van der Waals surface area (Å²) in [6.45, 7) is 8.32. The van der Waals surface area contributed by atoms with Gasteiger partial charge in [0.2, 0.25) is 5.91 Å². The Morgan fingerprint density at radius 2 is 1.98 bits per heavy atom. The first-order valence-corrected chi connectivity index (χ1v) is 14.6. The van der Waals surface area contributed by atoms with Gasteiger partial charge in [0.15, 0.2) is 0 Å².